The van der Waals surface area contributed by atoms with Gasteiger partial charge in [0.2, 0.25) is 15.9 Å². The van der Waals surface area contributed by atoms with Crippen LogP contribution in [0.2, 0.25) is 0 Å². The number of rotatable bonds is 6. The Morgan fingerprint density at radius 3 is 2.30 bits per heavy atom. The van der Waals surface area contributed by atoms with Gasteiger partial charge in [0.25, 0.3) is 0 Å². The van der Waals surface area contributed by atoms with Crippen molar-refractivity contribution < 1.29 is 18.1 Å². The molecule has 1 aliphatic rings. The Kier molecular flexibility index (Phi) is 5.94. The molecule has 1 aliphatic heterocycles. The fraction of sp³-hybridized carbons (Fsp3) is 0.588. The molecule has 3 heterocycles. The minimum Gasteiger partial charge on any atom is -0.338 e. The van der Waals surface area contributed by atoms with Gasteiger partial charge in [0.05, 0.1) is 10.6 Å². The summed E-state index contributed by atoms with van der Waals surface area (Å²) in [6.07, 6.45) is 2.77. The van der Waals surface area contributed by atoms with Crippen LogP contribution in [-0.2, 0) is 21.4 Å². The molecule has 0 N–H and O–H groups in total. The number of amides is 1. The second kappa shape index (κ2) is 8.14. The molecule has 0 spiro atoms. The van der Waals surface area contributed by atoms with E-state index in [2.05, 4.69) is 10.2 Å². The van der Waals surface area contributed by atoms with Gasteiger partial charge in [0.15, 0.2) is 0 Å². The molecule has 164 valence electrons. The Bertz CT molecular complexity index is 1070. The summed E-state index contributed by atoms with van der Waals surface area (Å²) in [4.78, 5) is 25.0. The molecule has 2 aromatic heterocycles. The van der Waals surface area contributed by atoms with Crippen molar-refractivity contribution in [2.24, 2.45) is 0 Å². The molecule has 1 unspecified atom stereocenters. The standard InChI is InChI=1S/C17H25N7O5S/c1-5-21-11-16(13(3)18-21)30(28,29)22-8-6-20(7-9-22)17(25)14(4)23-10-15(24(26)27)12(2)19-23/h10-11,14H,5-9H2,1-4H3. The van der Waals surface area contributed by atoms with Gasteiger partial charge in [-0.05, 0) is 27.7 Å². The van der Waals surface area contributed by atoms with E-state index in [1.807, 2.05) is 6.92 Å². The van der Waals surface area contributed by atoms with E-state index in [0.717, 1.165) is 0 Å². The first-order valence-electron chi connectivity index (χ1n) is 9.59. The molecule has 30 heavy (non-hydrogen) atoms. The second-order valence-electron chi connectivity index (χ2n) is 7.18. The minimum absolute atomic E-state index is 0.145. The van der Waals surface area contributed by atoms with Gasteiger partial charge in [-0.3, -0.25) is 24.3 Å². The van der Waals surface area contributed by atoms with Gasteiger partial charge >= 0.3 is 5.69 Å². The third-order valence-electron chi connectivity index (χ3n) is 5.24. The molecule has 12 nitrogen and oxygen atoms in total. The number of aromatic nitrogens is 4. The Morgan fingerprint density at radius 1 is 1.17 bits per heavy atom. The van der Waals surface area contributed by atoms with E-state index >= 15 is 0 Å². The molecule has 1 saturated heterocycles. The first-order valence-corrected chi connectivity index (χ1v) is 11.0. The lowest BCUT2D eigenvalue weighted by Crippen LogP contribution is -2.51. The van der Waals surface area contributed by atoms with Crippen molar-refractivity contribution in [3.8, 4) is 0 Å². The molecule has 1 atom stereocenters. The Morgan fingerprint density at radius 2 is 1.80 bits per heavy atom. The molecule has 1 amide bonds. The van der Waals surface area contributed by atoms with Gasteiger partial charge in [-0.1, -0.05) is 0 Å². The van der Waals surface area contributed by atoms with Crippen molar-refractivity contribution in [1.82, 2.24) is 28.8 Å². The summed E-state index contributed by atoms with van der Waals surface area (Å²) in [6.45, 7) is 8.02. The van der Waals surface area contributed by atoms with Crippen molar-refractivity contribution in [1.29, 1.82) is 0 Å². The lowest BCUT2D eigenvalue weighted by molar-refractivity contribution is -0.385. The summed E-state index contributed by atoms with van der Waals surface area (Å²) in [5.41, 5.74) is 0.534. The fourth-order valence-corrected chi connectivity index (χ4v) is 5.02. The number of piperazine rings is 1. The Hall–Kier alpha value is -2.80. The van der Waals surface area contributed by atoms with Crippen LogP contribution in [0.25, 0.3) is 0 Å². The van der Waals surface area contributed by atoms with Crippen molar-refractivity contribution in [3.05, 3.63) is 33.9 Å². The van der Waals surface area contributed by atoms with Crippen LogP contribution in [-0.4, -0.2) is 74.2 Å². The van der Waals surface area contributed by atoms with Crippen LogP contribution in [0.5, 0.6) is 0 Å². The van der Waals surface area contributed by atoms with Crippen LogP contribution in [0, 0.1) is 24.0 Å². The van der Waals surface area contributed by atoms with Crippen molar-refractivity contribution >= 4 is 21.6 Å². The van der Waals surface area contributed by atoms with Crippen molar-refractivity contribution in [2.75, 3.05) is 26.2 Å². The first kappa shape index (κ1) is 21.9. The van der Waals surface area contributed by atoms with Crippen LogP contribution < -0.4 is 0 Å². The summed E-state index contributed by atoms with van der Waals surface area (Å²) >= 11 is 0. The van der Waals surface area contributed by atoms with E-state index in [9.17, 15) is 23.3 Å². The Balaban J connectivity index is 1.68. The molecule has 13 heteroatoms. The van der Waals surface area contributed by atoms with Gasteiger partial charge in [-0.15, -0.1) is 0 Å². The van der Waals surface area contributed by atoms with E-state index in [1.165, 1.54) is 28.3 Å². The molecule has 0 radical (unpaired) electrons. The zero-order chi connectivity index (χ0) is 22.2. The highest BCUT2D eigenvalue weighted by Crippen LogP contribution is 2.23. The predicted octanol–water partition coefficient (Wildman–Crippen LogP) is 0.719. The highest BCUT2D eigenvalue weighted by Gasteiger charge is 2.34. The number of hydrogen-bond donors (Lipinski definition) is 0. The lowest BCUT2D eigenvalue weighted by Gasteiger charge is -2.35. The highest BCUT2D eigenvalue weighted by molar-refractivity contribution is 7.89. The largest absolute Gasteiger partial charge is 0.338 e. The van der Waals surface area contributed by atoms with E-state index in [1.54, 1.807) is 23.4 Å². The third-order valence-corrected chi connectivity index (χ3v) is 7.24. The molecule has 0 aliphatic carbocycles. The number of carbonyl (C=O) groups excluding carboxylic acids is 1. The maximum absolute atomic E-state index is 13.0. The van der Waals surface area contributed by atoms with Crippen molar-refractivity contribution in [2.45, 2.75) is 45.2 Å². The number of carbonyl (C=O) groups is 1. The average molecular weight is 439 g/mol. The van der Waals surface area contributed by atoms with Crippen LogP contribution in [0.15, 0.2) is 17.3 Å². The normalized spacial score (nSPS) is 16.6. The number of nitrogens with zero attached hydrogens (tertiary/aromatic N) is 7. The minimum atomic E-state index is -3.70. The molecule has 1 fully saturated rings. The molecular weight excluding hydrogens is 414 g/mol. The van der Waals surface area contributed by atoms with Gasteiger partial charge in [-0.25, -0.2) is 8.42 Å². The van der Waals surface area contributed by atoms with Crippen LogP contribution >= 0.6 is 0 Å². The van der Waals surface area contributed by atoms with E-state index in [-0.39, 0.29) is 48.4 Å². The smallest absolute Gasteiger partial charge is 0.309 e. The summed E-state index contributed by atoms with van der Waals surface area (Å²) in [5, 5.41) is 19.3. The zero-order valence-corrected chi connectivity index (χ0v) is 18.2. The summed E-state index contributed by atoms with van der Waals surface area (Å²) in [6, 6.07) is -0.731. The summed E-state index contributed by atoms with van der Waals surface area (Å²) in [7, 11) is -3.70. The van der Waals surface area contributed by atoms with E-state index < -0.39 is 21.0 Å². The quantitative estimate of drug-likeness (QED) is 0.478. The zero-order valence-electron chi connectivity index (χ0n) is 17.3. The van der Waals surface area contributed by atoms with Gasteiger partial charge in [0, 0.05) is 38.9 Å². The van der Waals surface area contributed by atoms with Crippen LogP contribution in [0.3, 0.4) is 0 Å². The highest BCUT2D eigenvalue weighted by atomic mass is 32.2. The van der Waals surface area contributed by atoms with Gasteiger partial charge in [0.1, 0.15) is 22.8 Å². The number of hydrogen-bond acceptors (Lipinski definition) is 7. The maximum atomic E-state index is 13.0. The topological polar surface area (TPSA) is 136 Å². The van der Waals surface area contributed by atoms with Gasteiger partial charge < -0.3 is 4.90 Å². The van der Waals surface area contributed by atoms with Crippen molar-refractivity contribution in [3.63, 3.8) is 0 Å². The number of nitro groups is 1. The predicted molar refractivity (Wildman–Crippen MR) is 106 cm³/mol. The van der Waals surface area contributed by atoms with Gasteiger partial charge in [-0.2, -0.15) is 14.5 Å². The lowest BCUT2D eigenvalue weighted by atomic mass is 10.2. The molecule has 0 saturated carbocycles. The second-order valence-corrected chi connectivity index (χ2v) is 9.08. The van der Waals surface area contributed by atoms with E-state index in [0.29, 0.717) is 12.2 Å². The number of sulfonamides is 1. The third kappa shape index (κ3) is 3.94. The summed E-state index contributed by atoms with van der Waals surface area (Å²) in [5.74, 6) is -0.264. The molecule has 0 bridgehead atoms. The molecule has 0 aromatic carbocycles. The van der Waals surface area contributed by atoms with E-state index in [4.69, 9.17) is 0 Å². The monoisotopic (exact) mass is 439 g/mol. The van der Waals surface area contributed by atoms with Crippen LogP contribution in [0.4, 0.5) is 5.69 Å². The molecule has 3 rings (SSSR count). The number of aryl methyl sites for hydroxylation is 3. The van der Waals surface area contributed by atoms with Crippen LogP contribution in [0.1, 0.15) is 31.3 Å². The fourth-order valence-electron chi connectivity index (χ4n) is 3.43. The summed E-state index contributed by atoms with van der Waals surface area (Å²) < 4.78 is 30.1. The Labute approximate surface area is 174 Å². The average Bonchev–Trinajstić information content (AvgIpc) is 3.30. The SMILES string of the molecule is CCn1cc(S(=O)(=O)N2CCN(C(=O)C(C)n3cc([N+](=O)[O-])c(C)n3)CC2)c(C)n1. The molecule has 2 aromatic rings. The molecular formula is C17H25N7O5S. The first-order chi connectivity index (χ1) is 14.1. The maximum Gasteiger partial charge on any atom is 0.309 e.